The Labute approximate surface area is 400 Å². The van der Waals surface area contributed by atoms with E-state index in [0.717, 1.165) is 28.1 Å². The lowest BCUT2D eigenvalue weighted by atomic mass is 9.71. The van der Waals surface area contributed by atoms with Gasteiger partial charge in [-0.3, -0.25) is 28.4 Å². The zero-order valence-corrected chi connectivity index (χ0v) is 41.0. The van der Waals surface area contributed by atoms with Crippen LogP contribution in [0.15, 0.2) is 119 Å². The molecule has 362 valence electrons. The van der Waals surface area contributed by atoms with E-state index in [1.165, 1.54) is 0 Å². The van der Waals surface area contributed by atoms with Gasteiger partial charge in [0.25, 0.3) is 6.47 Å². The van der Waals surface area contributed by atoms with Gasteiger partial charge >= 0.3 is 5.97 Å². The van der Waals surface area contributed by atoms with Gasteiger partial charge < -0.3 is 29.1 Å². The molecule has 68 heavy (non-hydrogen) atoms. The molecule has 2 aromatic heterocycles. The third-order valence-corrected chi connectivity index (χ3v) is 11.5. The van der Waals surface area contributed by atoms with Gasteiger partial charge in [-0.15, -0.1) is 0 Å². The number of benzene rings is 3. The van der Waals surface area contributed by atoms with E-state index in [0.29, 0.717) is 98.3 Å². The number of rotatable bonds is 22. The fraction of sp³-hybridized carbons (Fsp3) is 0.389. The van der Waals surface area contributed by atoms with Crippen molar-refractivity contribution < 1.29 is 43.3 Å². The summed E-state index contributed by atoms with van der Waals surface area (Å²) in [5, 5.41) is 8.53. The number of aromatic nitrogens is 3. The molecule has 5 aromatic rings. The minimum atomic E-state index is -0.887. The Morgan fingerprint density at radius 1 is 0.706 bits per heavy atom. The summed E-state index contributed by atoms with van der Waals surface area (Å²) in [5.74, 6) is -0.828. The maximum Gasteiger partial charge on any atom is 0.305 e. The molecule has 3 aromatic carbocycles. The van der Waals surface area contributed by atoms with E-state index >= 15 is 0 Å². The topological polar surface area (TPSA) is 170 Å². The van der Waals surface area contributed by atoms with Gasteiger partial charge in [0.15, 0.2) is 17.2 Å². The van der Waals surface area contributed by atoms with Crippen LogP contribution in [0.5, 0.6) is 5.88 Å². The Bertz CT molecular complexity index is 2530. The number of carboxylic acids is 1. The second kappa shape index (κ2) is 26.7. The summed E-state index contributed by atoms with van der Waals surface area (Å²) < 4.78 is 17.9. The number of allylic oxidation sites excluding steroid dienone is 4. The molecule has 0 fully saturated rings. The quantitative estimate of drug-likeness (QED) is 0.0401. The summed E-state index contributed by atoms with van der Waals surface area (Å²) in [6.45, 7) is 16.4. The SMILES string of the molecule is CC.CC1=C(C)C(=O)C(C(C)(C)CC(=O)N(C)CCN(C)CCOCCOCCC(=O)O)=C(C)C1=O.O=COc1c(Cc2ccccc2)nc2c(Cc3ccccc3)nc(-c3ccccc3)cn12. The van der Waals surface area contributed by atoms with Crippen LogP contribution in [0.2, 0.25) is 0 Å². The first-order valence-electron chi connectivity index (χ1n) is 23.0. The highest BCUT2D eigenvalue weighted by Crippen LogP contribution is 2.39. The number of ketones is 2. The Kier molecular flexibility index (Phi) is 21.2. The normalized spacial score (nSPS) is 12.7. The summed E-state index contributed by atoms with van der Waals surface area (Å²) >= 11 is 0. The van der Waals surface area contributed by atoms with E-state index in [1.807, 2.05) is 129 Å². The molecule has 1 aliphatic rings. The molecule has 0 aliphatic heterocycles. The van der Waals surface area contributed by atoms with Crippen LogP contribution < -0.4 is 4.74 Å². The van der Waals surface area contributed by atoms with Gasteiger partial charge in [-0.05, 0) is 38.9 Å². The molecule has 2 heterocycles. The average molecular weight is 930 g/mol. The standard InChI is InChI=1S/C27H21N3O2.C25H40N2O7.C2H6/c31-19-32-27-24(17-21-12-6-2-7-13-21)29-26-23(16-20-10-4-1-5-11-20)28-25(18-30(26)27)22-14-8-3-9-15-22;1-17-18(2)24(32)22(19(3)23(17)31)25(4,5)16-20(28)27(7)10-9-26(6)11-13-34-15-14-33-12-8-21(29)30;1-2/h1-15,18-19H,16-17H2;8-16H2,1-7H3,(H,29,30);1-2H3. The predicted molar refractivity (Wildman–Crippen MR) is 263 cm³/mol. The smallest absolute Gasteiger partial charge is 0.305 e. The van der Waals surface area contributed by atoms with E-state index < -0.39 is 11.4 Å². The van der Waals surface area contributed by atoms with Gasteiger partial charge in [0.2, 0.25) is 11.8 Å². The van der Waals surface area contributed by atoms with Crippen LogP contribution in [-0.2, 0) is 46.3 Å². The van der Waals surface area contributed by atoms with Gasteiger partial charge in [-0.2, -0.15) is 0 Å². The number of carboxylic acid groups (broad SMARTS) is 1. The molecule has 14 nitrogen and oxygen atoms in total. The van der Waals surface area contributed by atoms with E-state index in [9.17, 15) is 24.0 Å². The summed E-state index contributed by atoms with van der Waals surface area (Å²) in [5.41, 5.74) is 7.26. The molecule has 0 saturated carbocycles. The number of amides is 1. The van der Waals surface area contributed by atoms with Crippen molar-refractivity contribution in [3.8, 4) is 17.1 Å². The number of Topliss-reactive ketones (excluding diaryl/α,β-unsaturated/α-hetero) is 2. The molecule has 1 amide bonds. The highest BCUT2D eigenvalue weighted by atomic mass is 16.5. The van der Waals surface area contributed by atoms with E-state index in [2.05, 4.69) is 12.1 Å². The highest BCUT2D eigenvalue weighted by molar-refractivity contribution is 6.25. The Morgan fingerprint density at radius 3 is 1.82 bits per heavy atom. The minimum Gasteiger partial charge on any atom is -0.481 e. The second-order valence-electron chi connectivity index (χ2n) is 17.0. The molecule has 14 heteroatoms. The number of carbonyl (C=O) groups excluding carboxylic acids is 4. The number of hydrogen-bond acceptors (Lipinski definition) is 11. The monoisotopic (exact) mass is 929 g/mol. The average Bonchev–Trinajstić information content (AvgIpc) is 3.68. The van der Waals surface area contributed by atoms with Gasteiger partial charge in [-0.1, -0.05) is 119 Å². The zero-order chi connectivity index (χ0) is 49.8. The molecular formula is C54H67N5O9. The van der Waals surface area contributed by atoms with Crippen LogP contribution in [0.4, 0.5) is 0 Å². The van der Waals surface area contributed by atoms with Crippen molar-refractivity contribution in [2.45, 2.75) is 74.1 Å². The first-order valence-corrected chi connectivity index (χ1v) is 23.0. The van der Waals surface area contributed by atoms with Gasteiger partial charge in [0, 0.05) is 85.4 Å². The number of hydrogen-bond donors (Lipinski definition) is 1. The molecule has 1 aliphatic carbocycles. The third kappa shape index (κ3) is 15.2. The largest absolute Gasteiger partial charge is 0.481 e. The molecule has 6 rings (SSSR count). The Morgan fingerprint density at radius 2 is 1.25 bits per heavy atom. The molecular weight excluding hydrogens is 863 g/mol. The maximum absolute atomic E-state index is 12.9. The predicted octanol–water partition coefficient (Wildman–Crippen LogP) is 8.24. The molecule has 1 N–H and O–H groups in total. The van der Waals surface area contributed by atoms with E-state index in [1.54, 1.807) is 32.7 Å². The minimum absolute atomic E-state index is 0.0197. The summed E-state index contributed by atoms with van der Waals surface area (Å²) in [6, 6.07) is 30.2. The molecule has 0 unspecified atom stereocenters. The zero-order valence-electron chi connectivity index (χ0n) is 41.0. The van der Waals surface area contributed by atoms with Gasteiger partial charge in [-0.25, -0.2) is 9.97 Å². The van der Waals surface area contributed by atoms with E-state index in [4.69, 9.17) is 29.3 Å². The van der Waals surface area contributed by atoms with Crippen molar-refractivity contribution in [2.24, 2.45) is 5.41 Å². The van der Waals surface area contributed by atoms with Crippen molar-refractivity contribution >= 4 is 35.6 Å². The van der Waals surface area contributed by atoms with Crippen molar-refractivity contribution in [2.75, 3.05) is 60.2 Å². The number of fused-ring (bicyclic) bond motifs is 1. The highest BCUT2D eigenvalue weighted by Gasteiger charge is 2.38. The Hall–Kier alpha value is -6.61. The fourth-order valence-electron chi connectivity index (χ4n) is 7.63. The van der Waals surface area contributed by atoms with Crippen molar-refractivity contribution in [3.63, 3.8) is 0 Å². The first kappa shape index (κ1) is 54.0. The van der Waals surface area contributed by atoms with Crippen LogP contribution >= 0.6 is 0 Å². The molecule has 0 radical (unpaired) electrons. The van der Waals surface area contributed by atoms with Crippen molar-refractivity contribution in [1.82, 2.24) is 24.2 Å². The van der Waals surface area contributed by atoms with Crippen LogP contribution in [0.25, 0.3) is 16.9 Å². The summed E-state index contributed by atoms with van der Waals surface area (Å²) in [4.78, 5) is 73.6. The fourth-order valence-corrected chi connectivity index (χ4v) is 7.63. The Balaban J connectivity index is 0.000000286. The third-order valence-electron chi connectivity index (χ3n) is 11.5. The first-order chi connectivity index (χ1) is 32.6. The molecule has 0 spiro atoms. The van der Waals surface area contributed by atoms with E-state index in [-0.39, 0.29) is 36.9 Å². The lowest BCUT2D eigenvalue weighted by Crippen LogP contribution is -2.39. The molecule has 0 atom stereocenters. The summed E-state index contributed by atoms with van der Waals surface area (Å²) in [6.07, 6.45) is 3.17. The second-order valence-corrected chi connectivity index (χ2v) is 17.0. The number of likely N-dealkylation sites (N-methyl/N-ethyl adjacent to an activating group) is 2. The number of imidazole rings is 1. The van der Waals surface area contributed by atoms with Crippen molar-refractivity contribution in [1.29, 1.82) is 0 Å². The lowest BCUT2D eigenvalue weighted by Gasteiger charge is -2.33. The lowest BCUT2D eigenvalue weighted by molar-refractivity contribution is -0.138. The molecule has 0 saturated heterocycles. The van der Waals surface area contributed by atoms with Crippen molar-refractivity contribution in [3.05, 3.63) is 142 Å². The number of aliphatic carboxylic acids is 1. The van der Waals surface area contributed by atoms with Crippen LogP contribution in [0.3, 0.4) is 0 Å². The molecule has 0 bridgehead atoms. The number of carbonyl (C=O) groups is 5. The van der Waals surface area contributed by atoms with Gasteiger partial charge in [0.1, 0.15) is 5.69 Å². The number of ether oxygens (including phenoxy) is 3. The van der Waals surface area contributed by atoms with Crippen LogP contribution in [0.1, 0.15) is 83.8 Å². The van der Waals surface area contributed by atoms with Crippen LogP contribution in [0, 0.1) is 5.41 Å². The number of nitrogens with zero attached hydrogens (tertiary/aromatic N) is 5. The maximum atomic E-state index is 12.9. The van der Waals surface area contributed by atoms with Gasteiger partial charge in [0.05, 0.1) is 44.2 Å². The summed E-state index contributed by atoms with van der Waals surface area (Å²) in [7, 11) is 3.68. The van der Waals surface area contributed by atoms with Crippen LogP contribution in [-0.4, -0.2) is 119 Å².